The first-order chi connectivity index (χ1) is 11.2. The van der Waals surface area contributed by atoms with Crippen LogP contribution in [0.15, 0.2) is 63.6 Å². The van der Waals surface area contributed by atoms with Crippen molar-refractivity contribution in [2.24, 2.45) is 0 Å². The van der Waals surface area contributed by atoms with Crippen LogP contribution in [0, 0.1) is 0 Å². The number of benzene rings is 1. The van der Waals surface area contributed by atoms with E-state index in [1.807, 2.05) is 0 Å². The Bertz CT molecular complexity index is 780. The zero-order valence-corrected chi connectivity index (χ0v) is 12.9. The van der Waals surface area contributed by atoms with Gasteiger partial charge in [-0.25, -0.2) is 0 Å². The van der Waals surface area contributed by atoms with Gasteiger partial charge in [0, 0.05) is 5.02 Å². The molecule has 6 heteroatoms. The number of amides is 1. The fraction of sp³-hybridized carbons (Fsp3) is 0.118. The predicted molar refractivity (Wildman–Crippen MR) is 84.4 cm³/mol. The van der Waals surface area contributed by atoms with Crippen LogP contribution in [0.25, 0.3) is 0 Å². The lowest BCUT2D eigenvalue weighted by Gasteiger charge is -2.04. The van der Waals surface area contributed by atoms with Crippen molar-refractivity contribution in [1.82, 2.24) is 5.32 Å². The van der Waals surface area contributed by atoms with Gasteiger partial charge in [0.2, 0.25) is 0 Å². The zero-order valence-electron chi connectivity index (χ0n) is 12.1. The van der Waals surface area contributed by atoms with E-state index in [4.69, 9.17) is 25.2 Å². The maximum atomic E-state index is 12.0. The molecule has 23 heavy (non-hydrogen) atoms. The molecule has 0 atom stereocenters. The highest BCUT2D eigenvalue weighted by Crippen LogP contribution is 2.19. The topological polar surface area (TPSA) is 64.6 Å². The van der Waals surface area contributed by atoms with E-state index in [9.17, 15) is 4.79 Å². The second-order valence-corrected chi connectivity index (χ2v) is 5.21. The molecule has 5 nitrogen and oxygen atoms in total. The Labute approximate surface area is 137 Å². The molecule has 0 aliphatic heterocycles. The molecule has 0 bridgehead atoms. The molecule has 0 fully saturated rings. The van der Waals surface area contributed by atoms with Gasteiger partial charge in [0.25, 0.3) is 5.91 Å². The molecule has 2 aromatic heterocycles. The number of hydrogen-bond acceptors (Lipinski definition) is 4. The first kappa shape index (κ1) is 15.2. The minimum Gasteiger partial charge on any atom is -0.486 e. The lowest BCUT2D eigenvalue weighted by Crippen LogP contribution is -2.21. The summed E-state index contributed by atoms with van der Waals surface area (Å²) in [6, 6.07) is 13.9. The Morgan fingerprint density at radius 1 is 1.13 bits per heavy atom. The summed E-state index contributed by atoms with van der Waals surface area (Å²) in [4.78, 5) is 12.0. The van der Waals surface area contributed by atoms with Gasteiger partial charge in [-0.2, -0.15) is 0 Å². The molecule has 0 saturated carbocycles. The fourth-order valence-corrected chi connectivity index (χ4v) is 2.14. The van der Waals surface area contributed by atoms with E-state index in [1.54, 1.807) is 54.8 Å². The highest BCUT2D eigenvalue weighted by atomic mass is 35.5. The number of nitrogens with one attached hydrogen (secondary N) is 1. The number of carbonyl (C=O) groups excluding carboxylic acids is 1. The smallest absolute Gasteiger partial charge is 0.287 e. The molecule has 1 N–H and O–H groups in total. The Hall–Kier alpha value is -2.66. The van der Waals surface area contributed by atoms with E-state index in [0.717, 1.165) is 0 Å². The van der Waals surface area contributed by atoms with Gasteiger partial charge in [-0.3, -0.25) is 4.79 Å². The second kappa shape index (κ2) is 7.07. The van der Waals surface area contributed by atoms with Gasteiger partial charge in [-0.05, 0) is 42.5 Å². The fourth-order valence-electron chi connectivity index (χ4n) is 1.96. The number of furan rings is 2. The number of hydrogen-bond donors (Lipinski definition) is 1. The molecule has 3 rings (SSSR count). The molecule has 0 spiro atoms. The van der Waals surface area contributed by atoms with Crippen molar-refractivity contribution in [3.8, 4) is 5.75 Å². The number of carbonyl (C=O) groups is 1. The van der Waals surface area contributed by atoms with Crippen molar-refractivity contribution < 1.29 is 18.4 Å². The van der Waals surface area contributed by atoms with Crippen LogP contribution in [0.5, 0.6) is 5.75 Å². The number of halogens is 1. The van der Waals surface area contributed by atoms with E-state index in [1.165, 1.54) is 0 Å². The molecule has 3 aromatic rings. The minimum atomic E-state index is -0.310. The molecule has 0 aliphatic rings. The number of rotatable bonds is 6. The zero-order chi connectivity index (χ0) is 16.1. The van der Waals surface area contributed by atoms with Crippen LogP contribution in [0.2, 0.25) is 5.02 Å². The normalized spacial score (nSPS) is 10.5. The van der Waals surface area contributed by atoms with Crippen molar-refractivity contribution in [1.29, 1.82) is 0 Å². The van der Waals surface area contributed by atoms with Crippen LogP contribution in [0.3, 0.4) is 0 Å². The third kappa shape index (κ3) is 4.17. The van der Waals surface area contributed by atoms with Crippen LogP contribution in [-0.2, 0) is 13.2 Å². The lowest BCUT2D eigenvalue weighted by atomic mass is 10.3. The molecular formula is C17H14ClNO4. The Morgan fingerprint density at radius 3 is 2.83 bits per heavy atom. The molecule has 1 aromatic carbocycles. The van der Waals surface area contributed by atoms with Gasteiger partial charge in [0.05, 0.1) is 12.8 Å². The summed E-state index contributed by atoms with van der Waals surface area (Å²) in [6.07, 6.45) is 1.56. The Kier molecular flexibility index (Phi) is 4.68. The summed E-state index contributed by atoms with van der Waals surface area (Å²) in [5, 5.41) is 3.31. The predicted octanol–water partition coefficient (Wildman–Crippen LogP) is 4.04. The third-order valence-corrected chi connectivity index (χ3v) is 3.30. The average Bonchev–Trinajstić information content (AvgIpc) is 3.22. The van der Waals surface area contributed by atoms with E-state index < -0.39 is 0 Å². The van der Waals surface area contributed by atoms with Crippen molar-refractivity contribution in [3.63, 3.8) is 0 Å². The SMILES string of the molecule is O=C(NCc1ccco1)c1ccc(COc2cccc(Cl)c2)o1. The monoisotopic (exact) mass is 331 g/mol. The molecule has 0 aliphatic carbocycles. The van der Waals surface area contributed by atoms with E-state index in [-0.39, 0.29) is 18.3 Å². The van der Waals surface area contributed by atoms with Crippen LogP contribution >= 0.6 is 11.6 Å². The first-order valence-electron chi connectivity index (χ1n) is 6.98. The van der Waals surface area contributed by atoms with Gasteiger partial charge in [-0.15, -0.1) is 0 Å². The second-order valence-electron chi connectivity index (χ2n) is 4.77. The third-order valence-electron chi connectivity index (χ3n) is 3.07. The summed E-state index contributed by atoms with van der Waals surface area (Å²) in [5.74, 6) is 1.77. The van der Waals surface area contributed by atoms with Crippen LogP contribution in [0.1, 0.15) is 22.1 Å². The lowest BCUT2D eigenvalue weighted by molar-refractivity contribution is 0.0916. The summed E-state index contributed by atoms with van der Waals surface area (Å²) >= 11 is 5.89. The Morgan fingerprint density at radius 2 is 2.04 bits per heavy atom. The average molecular weight is 332 g/mol. The van der Waals surface area contributed by atoms with Gasteiger partial charge < -0.3 is 18.9 Å². The molecule has 118 valence electrons. The highest BCUT2D eigenvalue weighted by Gasteiger charge is 2.12. The van der Waals surface area contributed by atoms with Gasteiger partial charge in [-0.1, -0.05) is 17.7 Å². The summed E-state index contributed by atoms with van der Waals surface area (Å²) < 4.78 is 16.2. The van der Waals surface area contributed by atoms with Crippen molar-refractivity contribution in [2.75, 3.05) is 0 Å². The molecule has 0 saturated heterocycles. The van der Waals surface area contributed by atoms with Gasteiger partial charge in [0.15, 0.2) is 5.76 Å². The molecular weight excluding hydrogens is 318 g/mol. The van der Waals surface area contributed by atoms with Crippen molar-refractivity contribution >= 4 is 17.5 Å². The van der Waals surface area contributed by atoms with E-state index >= 15 is 0 Å². The summed E-state index contributed by atoms with van der Waals surface area (Å²) in [6.45, 7) is 0.521. The van der Waals surface area contributed by atoms with Crippen LogP contribution in [0.4, 0.5) is 0 Å². The maximum Gasteiger partial charge on any atom is 0.287 e. The quantitative estimate of drug-likeness (QED) is 0.740. The molecule has 2 heterocycles. The van der Waals surface area contributed by atoms with Crippen LogP contribution in [-0.4, -0.2) is 5.91 Å². The molecule has 1 amide bonds. The highest BCUT2D eigenvalue weighted by molar-refractivity contribution is 6.30. The number of ether oxygens (including phenoxy) is 1. The molecule has 0 radical (unpaired) electrons. The first-order valence-corrected chi connectivity index (χ1v) is 7.36. The standard InChI is InChI=1S/C17H14ClNO4/c18-12-3-1-4-13(9-12)22-11-15-6-7-16(23-15)17(20)19-10-14-5-2-8-21-14/h1-9H,10-11H2,(H,19,20). The summed E-state index contributed by atoms with van der Waals surface area (Å²) in [5.41, 5.74) is 0. The largest absolute Gasteiger partial charge is 0.486 e. The van der Waals surface area contributed by atoms with Gasteiger partial charge >= 0.3 is 0 Å². The Balaban J connectivity index is 1.54. The summed E-state index contributed by atoms with van der Waals surface area (Å²) in [7, 11) is 0. The van der Waals surface area contributed by atoms with Gasteiger partial charge in [0.1, 0.15) is 23.9 Å². The molecule has 0 unspecified atom stereocenters. The van der Waals surface area contributed by atoms with E-state index in [0.29, 0.717) is 28.8 Å². The van der Waals surface area contributed by atoms with Crippen LogP contribution < -0.4 is 10.1 Å². The minimum absolute atomic E-state index is 0.214. The maximum absolute atomic E-state index is 12.0. The van der Waals surface area contributed by atoms with E-state index in [2.05, 4.69) is 5.32 Å². The van der Waals surface area contributed by atoms with Crippen molar-refractivity contribution in [3.05, 3.63) is 77.1 Å². The van der Waals surface area contributed by atoms with Crippen molar-refractivity contribution in [2.45, 2.75) is 13.2 Å².